The van der Waals surface area contributed by atoms with E-state index >= 15 is 0 Å². The van der Waals surface area contributed by atoms with Crippen LogP contribution >= 0.6 is 0 Å². The second-order valence-corrected chi connectivity index (χ2v) is 9.51. The Balaban J connectivity index is 1.65. The largest absolute Gasteiger partial charge is 0.300 e. The lowest BCUT2D eigenvalue weighted by molar-refractivity contribution is -0.152. The highest BCUT2D eigenvalue weighted by atomic mass is 16.1. The molecule has 0 amide bonds. The van der Waals surface area contributed by atoms with Gasteiger partial charge in [0.05, 0.1) is 0 Å². The molecule has 0 radical (unpaired) electrons. The molecule has 4 aliphatic carbocycles. The summed E-state index contributed by atoms with van der Waals surface area (Å²) < 4.78 is 0. The van der Waals surface area contributed by atoms with Crippen molar-refractivity contribution in [3.63, 3.8) is 0 Å². The Kier molecular flexibility index (Phi) is 3.74. The minimum absolute atomic E-state index is 0.0246. The molecule has 128 valence electrons. The van der Waals surface area contributed by atoms with E-state index in [1.807, 2.05) is 0 Å². The molecule has 4 saturated carbocycles. The van der Waals surface area contributed by atoms with Gasteiger partial charge in [0.25, 0.3) is 0 Å². The average Bonchev–Trinajstić information content (AvgIpc) is 2.68. The molecule has 0 N–H and O–H groups in total. The summed E-state index contributed by atoms with van der Waals surface area (Å²) in [7, 11) is 0. The van der Waals surface area contributed by atoms with Gasteiger partial charge in [0.1, 0.15) is 11.6 Å². The maximum atomic E-state index is 12.6. The maximum Gasteiger partial charge on any atom is 0.139 e. The summed E-state index contributed by atoms with van der Waals surface area (Å²) in [6.07, 6.45) is 12.0. The summed E-state index contributed by atoms with van der Waals surface area (Å²) in [4.78, 5) is 24.6. The molecule has 2 heteroatoms. The van der Waals surface area contributed by atoms with E-state index < -0.39 is 0 Å². The zero-order valence-electron chi connectivity index (χ0n) is 14.9. The Morgan fingerprint density at radius 2 is 1.65 bits per heavy atom. The first-order valence-electron chi connectivity index (χ1n) is 10.00. The number of hydrogen-bond donors (Lipinski definition) is 0. The first-order chi connectivity index (χ1) is 10.9. The Hall–Kier alpha value is -0.660. The van der Waals surface area contributed by atoms with Gasteiger partial charge in [-0.05, 0) is 80.5 Å². The molecule has 0 aliphatic heterocycles. The Labute approximate surface area is 140 Å². The van der Waals surface area contributed by atoms with Gasteiger partial charge in [-0.25, -0.2) is 0 Å². The van der Waals surface area contributed by atoms with Crippen LogP contribution in [-0.4, -0.2) is 11.6 Å². The van der Waals surface area contributed by atoms with Gasteiger partial charge in [0.2, 0.25) is 0 Å². The van der Waals surface area contributed by atoms with E-state index in [1.165, 1.54) is 25.7 Å². The SMILES string of the molecule is CC12CCC3C(CCC4CCC(=O)CCC43C)C1CCCC2=O. The molecule has 0 aromatic rings. The minimum Gasteiger partial charge on any atom is -0.300 e. The smallest absolute Gasteiger partial charge is 0.139 e. The van der Waals surface area contributed by atoms with Gasteiger partial charge < -0.3 is 0 Å². The van der Waals surface area contributed by atoms with Crippen LogP contribution in [0.25, 0.3) is 0 Å². The standard InChI is InChI=1S/C21H32O2/c1-20-12-10-15(22)8-6-14(20)7-9-16-17-4-3-5-19(23)21(17,2)13-11-18(16)20/h14,16-18H,3-13H2,1-2H3. The first kappa shape index (κ1) is 15.8. The maximum absolute atomic E-state index is 12.6. The highest BCUT2D eigenvalue weighted by Crippen LogP contribution is 2.64. The monoisotopic (exact) mass is 316 g/mol. The lowest BCUT2D eigenvalue weighted by Crippen LogP contribution is -2.55. The van der Waals surface area contributed by atoms with Crippen LogP contribution in [0, 0.1) is 34.5 Å². The van der Waals surface area contributed by atoms with E-state index in [9.17, 15) is 9.59 Å². The molecular formula is C21H32O2. The Morgan fingerprint density at radius 3 is 2.48 bits per heavy atom. The van der Waals surface area contributed by atoms with Crippen LogP contribution in [0.2, 0.25) is 0 Å². The molecule has 0 aromatic carbocycles. The molecule has 6 unspecified atom stereocenters. The predicted octanol–water partition coefficient (Wildman–Crippen LogP) is 4.95. The number of carbonyl (C=O) groups is 2. The van der Waals surface area contributed by atoms with Crippen LogP contribution in [0.1, 0.15) is 84.5 Å². The summed E-state index contributed by atoms with van der Waals surface area (Å²) in [5.41, 5.74) is 0.333. The van der Waals surface area contributed by atoms with Crippen molar-refractivity contribution >= 4 is 11.6 Å². The van der Waals surface area contributed by atoms with Gasteiger partial charge in [0.15, 0.2) is 0 Å². The highest BCUT2D eigenvalue weighted by Gasteiger charge is 2.58. The zero-order valence-corrected chi connectivity index (χ0v) is 14.9. The molecule has 0 aromatic heterocycles. The quantitative estimate of drug-likeness (QED) is 0.634. The Morgan fingerprint density at radius 1 is 0.826 bits per heavy atom. The van der Waals surface area contributed by atoms with Crippen molar-refractivity contribution in [2.24, 2.45) is 34.5 Å². The highest BCUT2D eigenvalue weighted by molar-refractivity contribution is 5.85. The van der Waals surface area contributed by atoms with Crippen LogP contribution in [0.5, 0.6) is 0 Å². The van der Waals surface area contributed by atoms with Crippen LogP contribution in [-0.2, 0) is 9.59 Å². The van der Waals surface area contributed by atoms with Crippen molar-refractivity contribution in [2.45, 2.75) is 84.5 Å². The number of Topliss-reactive ketones (excluding diaryl/α,β-unsaturated/α-hetero) is 2. The van der Waals surface area contributed by atoms with Gasteiger partial charge >= 0.3 is 0 Å². The summed E-state index contributed by atoms with van der Waals surface area (Å²) in [5.74, 6) is 3.92. The normalized spacial score (nSPS) is 50.5. The minimum atomic E-state index is -0.0246. The average molecular weight is 316 g/mol. The molecule has 2 nitrogen and oxygen atoms in total. The van der Waals surface area contributed by atoms with Gasteiger partial charge in [0, 0.05) is 24.7 Å². The molecule has 6 atom stereocenters. The van der Waals surface area contributed by atoms with E-state index in [1.54, 1.807) is 0 Å². The molecule has 4 rings (SSSR count). The lowest BCUT2D eigenvalue weighted by atomic mass is 9.44. The second-order valence-electron chi connectivity index (χ2n) is 9.51. The van der Waals surface area contributed by atoms with Crippen molar-refractivity contribution < 1.29 is 9.59 Å². The molecule has 0 bridgehead atoms. The number of ketones is 2. The fourth-order valence-corrected chi connectivity index (χ4v) is 7.23. The summed E-state index contributed by atoms with van der Waals surface area (Å²) in [6, 6.07) is 0. The lowest BCUT2D eigenvalue weighted by Gasteiger charge is -2.60. The van der Waals surface area contributed by atoms with Crippen LogP contribution < -0.4 is 0 Å². The molecule has 0 heterocycles. The number of rotatable bonds is 0. The summed E-state index contributed by atoms with van der Waals surface area (Å²) in [6.45, 7) is 4.78. The summed E-state index contributed by atoms with van der Waals surface area (Å²) >= 11 is 0. The summed E-state index contributed by atoms with van der Waals surface area (Å²) in [5, 5.41) is 0. The molecule has 4 fully saturated rings. The van der Waals surface area contributed by atoms with Crippen LogP contribution in [0.4, 0.5) is 0 Å². The van der Waals surface area contributed by atoms with E-state index in [-0.39, 0.29) is 5.41 Å². The van der Waals surface area contributed by atoms with Crippen molar-refractivity contribution in [2.75, 3.05) is 0 Å². The number of carbonyl (C=O) groups excluding carboxylic acids is 2. The second kappa shape index (κ2) is 5.43. The van der Waals surface area contributed by atoms with E-state index in [4.69, 9.17) is 0 Å². The van der Waals surface area contributed by atoms with Crippen molar-refractivity contribution in [3.8, 4) is 0 Å². The van der Waals surface area contributed by atoms with Gasteiger partial charge in [-0.2, -0.15) is 0 Å². The van der Waals surface area contributed by atoms with E-state index in [0.29, 0.717) is 22.9 Å². The third-order valence-electron chi connectivity index (χ3n) is 8.72. The van der Waals surface area contributed by atoms with Gasteiger partial charge in [-0.1, -0.05) is 13.8 Å². The fourth-order valence-electron chi connectivity index (χ4n) is 7.23. The predicted molar refractivity (Wildman–Crippen MR) is 91.0 cm³/mol. The molecule has 23 heavy (non-hydrogen) atoms. The van der Waals surface area contributed by atoms with Crippen LogP contribution in [0.15, 0.2) is 0 Å². The van der Waals surface area contributed by atoms with Crippen molar-refractivity contribution in [1.29, 1.82) is 0 Å². The molecule has 0 saturated heterocycles. The van der Waals surface area contributed by atoms with E-state index in [0.717, 1.165) is 62.7 Å². The molecule has 4 aliphatic rings. The third-order valence-corrected chi connectivity index (χ3v) is 8.72. The molecule has 0 spiro atoms. The molecular weight excluding hydrogens is 284 g/mol. The first-order valence-corrected chi connectivity index (χ1v) is 10.00. The zero-order chi connectivity index (χ0) is 16.2. The topological polar surface area (TPSA) is 34.1 Å². The number of fused-ring (bicyclic) bond motifs is 5. The van der Waals surface area contributed by atoms with Crippen molar-refractivity contribution in [3.05, 3.63) is 0 Å². The van der Waals surface area contributed by atoms with Gasteiger partial charge in [-0.15, -0.1) is 0 Å². The van der Waals surface area contributed by atoms with Crippen molar-refractivity contribution in [1.82, 2.24) is 0 Å². The van der Waals surface area contributed by atoms with Crippen LogP contribution in [0.3, 0.4) is 0 Å². The third kappa shape index (κ3) is 2.27. The number of hydrogen-bond acceptors (Lipinski definition) is 2. The van der Waals surface area contributed by atoms with E-state index in [2.05, 4.69) is 13.8 Å². The van der Waals surface area contributed by atoms with Gasteiger partial charge in [-0.3, -0.25) is 9.59 Å². The Bertz CT molecular complexity index is 524. The fraction of sp³-hybridized carbons (Fsp3) is 0.905.